The van der Waals surface area contributed by atoms with Crippen molar-refractivity contribution in [2.24, 2.45) is 0 Å². The van der Waals surface area contributed by atoms with Gasteiger partial charge in [-0.25, -0.2) is 14.6 Å². The SMILES string of the molecule is COC(=O)c1ccc(N2C[C@@H](C)N(CCOCC(=O)O)[C@@H](C)C2)nc1. The Labute approximate surface area is 147 Å². The maximum atomic E-state index is 11.5. The fourth-order valence-electron chi connectivity index (χ4n) is 3.13. The van der Waals surface area contributed by atoms with Crippen LogP contribution in [0.25, 0.3) is 0 Å². The van der Waals surface area contributed by atoms with Gasteiger partial charge < -0.3 is 19.5 Å². The van der Waals surface area contributed by atoms with Crippen molar-refractivity contribution in [3.05, 3.63) is 23.9 Å². The molecule has 0 amide bonds. The second-order valence-electron chi connectivity index (χ2n) is 6.18. The van der Waals surface area contributed by atoms with Crippen molar-refractivity contribution in [2.45, 2.75) is 25.9 Å². The summed E-state index contributed by atoms with van der Waals surface area (Å²) in [7, 11) is 1.35. The van der Waals surface area contributed by atoms with Crippen LogP contribution in [-0.4, -0.2) is 79.0 Å². The molecule has 1 N–H and O–H groups in total. The van der Waals surface area contributed by atoms with Gasteiger partial charge in [-0.2, -0.15) is 0 Å². The van der Waals surface area contributed by atoms with Gasteiger partial charge in [0, 0.05) is 37.9 Å². The Hall–Kier alpha value is -2.19. The first-order valence-electron chi connectivity index (χ1n) is 8.27. The molecule has 1 aliphatic heterocycles. The number of hydrogen-bond acceptors (Lipinski definition) is 7. The summed E-state index contributed by atoms with van der Waals surface area (Å²) in [5.41, 5.74) is 0.432. The highest BCUT2D eigenvalue weighted by Gasteiger charge is 2.29. The standard InChI is InChI=1S/C17H25N3O5/c1-12-9-19(15-5-4-14(8-18-15)17(23)24-3)10-13(2)20(12)6-7-25-11-16(21)22/h4-5,8,12-13H,6-7,9-11H2,1-3H3,(H,21,22)/t12-,13+. The molecule has 8 heteroatoms. The monoisotopic (exact) mass is 351 g/mol. The molecule has 2 atom stereocenters. The summed E-state index contributed by atoms with van der Waals surface area (Å²) in [6.07, 6.45) is 1.53. The van der Waals surface area contributed by atoms with E-state index in [1.807, 2.05) is 6.07 Å². The molecule has 0 unspecified atom stereocenters. The molecule has 0 saturated carbocycles. The minimum atomic E-state index is -0.951. The van der Waals surface area contributed by atoms with Gasteiger partial charge >= 0.3 is 11.9 Å². The van der Waals surface area contributed by atoms with E-state index in [-0.39, 0.29) is 18.7 Å². The number of esters is 1. The first-order chi connectivity index (χ1) is 11.9. The number of nitrogens with zero attached hydrogens (tertiary/aromatic N) is 3. The van der Waals surface area contributed by atoms with E-state index in [0.29, 0.717) is 18.7 Å². The Balaban J connectivity index is 1.92. The van der Waals surface area contributed by atoms with Gasteiger partial charge in [0.25, 0.3) is 0 Å². The Morgan fingerprint density at radius 2 is 1.96 bits per heavy atom. The highest BCUT2D eigenvalue weighted by atomic mass is 16.5. The van der Waals surface area contributed by atoms with Gasteiger partial charge in [0.2, 0.25) is 0 Å². The van der Waals surface area contributed by atoms with Crippen molar-refractivity contribution < 1.29 is 24.2 Å². The number of hydrogen-bond donors (Lipinski definition) is 1. The maximum Gasteiger partial charge on any atom is 0.339 e. The van der Waals surface area contributed by atoms with Gasteiger partial charge in [0.05, 0.1) is 19.3 Å². The molecule has 1 fully saturated rings. The fourth-order valence-corrected chi connectivity index (χ4v) is 3.13. The summed E-state index contributed by atoms with van der Waals surface area (Å²) in [5.74, 6) is -0.521. The number of anilines is 1. The predicted molar refractivity (Wildman–Crippen MR) is 91.9 cm³/mol. The second kappa shape index (κ2) is 8.77. The molecule has 0 aromatic carbocycles. The minimum absolute atomic E-state index is 0.265. The van der Waals surface area contributed by atoms with Crippen LogP contribution in [0, 0.1) is 0 Å². The van der Waals surface area contributed by atoms with Gasteiger partial charge in [-0.3, -0.25) is 4.90 Å². The molecule has 1 saturated heterocycles. The van der Waals surface area contributed by atoms with Crippen molar-refractivity contribution in [1.29, 1.82) is 0 Å². The van der Waals surface area contributed by atoms with Crippen molar-refractivity contribution >= 4 is 17.8 Å². The number of pyridine rings is 1. The van der Waals surface area contributed by atoms with Crippen LogP contribution in [-0.2, 0) is 14.3 Å². The van der Waals surface area contributed by atoms with Crippen LogP contribution in [0.4, 0.5) is 5.82 Å². The van der Waals surface area contributed by atoms with E-state index in [1.54, 1.807) is 6.07 Å². The van der Waals surface area contributed by atoms with E-state index >= 15 is 0 Å². The minimum Gasteiger partial charge on any atom is -0.480 e. The number of carbonyl (C=O) groups is 2. The summed E-state index contributed by atoms with van der Waals surface area (Å²) < 4.78 is 9.82. The van der Waals surface area contributed by atoms with E-state index < -0.39 is 11.9 Å². The third-order valence-corrected chi connectivity index (χ3v) is 4.31. The van der Waals surface area contributed by atoms with Crippen LogP contribution in [0.5, 0.6) is 0 Å². The molecular formula is C17H25N3O5. The molecule has 1 aromatic heterocycles. The number of aromatic nitrogens is 1. The zero-order valence-electron chi connectivity index (χ0n) is 14.8. The first kappa shape index (κ1) is 19.1. The molecule has 2 heterocycles. The number of piperazine rings is 1. The predicted octanol–water partition coefficient (Wildman–Crippen LogP) is 0.868. The lowest BCUT2D eigenvalue weighted by Crippen LogP contribution is -2.57. The van der Waals surface area contributed by atoms with Crippen LogP contribution in [0.3, 0.4) is 0 Å². The lowest BCUT2D eigenvalue weighted by atomic mass is 10.1. The van der Waals surface area contributed by atoms with Crippen LogP contribution in [0.2, 0.25) is 0 Å². The number of methoxy groups -OCH3 is 1. The number of rotatable bonds is 7. The summed E-state index contributed by atoms with van der Waals surface area (Å²) in [5, 5.41) is 8.60. The second-order valence-corrected chi connectivity index (χ2v) is 6.18. The Morgan fingerprint density at radius 3 is 2.48 bits per heavy atom. The summed E-state index contributed by atoms with van der Waals surface area (Å²) in [6.45, 7) is 6.68. The van der Waals surface area contributed by atoms with Gasteiger partial charge in [0.15, 0.2) is 0 Å². The molecule has 2 rings (SSSR count). The van der Waals surface area contributed by atoms with Gasteiger partial charge in [-0.05, 0) is 26.0 Å². The van der Waals surface area contributed by atoms with Crippen LogP contribution in [0.15, 0.2) is 18.3 Å². The normalized spacial score (nSPS) is 21.2. The fraction of sp³-hybridized carbons (Fsp3) is 0.588. The summed E-state index contributed by atoms with van der Waals surface area (Å²) >= 11 is 0. The number of carboxylic acid groups (broad SMARTS) is 1. The maximum absolute atomic E-state index is 11.5. The van der Waals surface area contributed by atoms with Crippen molar-refractivity contribution in [3.8, 4) is 0 Å². The van der Waals surface area contributed by atoms with Crippen LogP contribution in [0.1, 0.15) is 24.2 Å². The molecule has 0 radical (unpaired) electrons. The van der Waals surface area contributed by atoms with Gasteiger partial charge in [-0.15, -0.1) is 0 Å². The van der Waals surface area contributed by atoms with Crippen LogP contribution >= 0.6 is 0 Å². The zero-order valence-corrected chi connectivity index (χ0v) is 14.8. The molecule has 8 nitrogen and oxygen atoms in total. The van der Waals surface area contributed by atoms with E-state index in [0.717, 1.165) is 18.9 Å². The lowest BCUT2D eigenvalue weighted by Gasteiger charge is -2.44. The van der Waals surface area contributed by atoms with Crippen molar-refractivity contribution in [1.82, 2.24) is 9.88 Å². The smallest absolute Gasteiger partial charge is 0.339 e. The van der Waals surface area contributed by atoms with E-state index in [9.17, 15) is 9.59 Å². The number of ether oxygens (including phenoxy) is 2. The molecule has 0 bridgehead atoms. The number of carboxylic acids is 1. The van der Waals surface area contributed by atoms with Crippen molar-refractivity contribution in [2.75, 3.05) is 44.9 Å². The van der Waals surface area contributed by atoms with E-state index in [1.165, 1.54) is 13.3 Å². The van der Waals surface area contributed by atoms with Gasteiger partial charge in [-0.1, -0.05) is 0 Å². The highest BCUT2D eigenvalue weighted by Crippen LogP contribution is 2.21. The van der Waals surface area contributed by atoms with E-state index in [2.05, 4.69) is 33.4 Å². The van der Waals surface area contributed by atoms with Crippen molar-refractivity contribution in [3.63, 3.8) is 0 Å². The Morgan fingerprint density at radius 1 is 1.28 bits per heavy atom. The average Bonchev–Trinajstić information content (AvgIpc) is 2.59. The zero-order chi connectivity index (χ0) is 18.4. The average molecular weight is 351 g/mol. The first-order valence-corrected chi connectivity index (χ1v) is 8.27. The molecule has 138 valence electrons. The van der Waals surface area contributed by atoms with E-state index in [4.69, 9.17) is 9.84 Å². The quantitative estimate of drug-likeness (QED) is 0.571. The van der Waals surface area contributed by atoms with Crippen LogP contribution < -0.4 is 4.90 Å². The molecule has 25 heavy (non-hydrogen) atoms. The number of carbonyl (C=O) groups excluding carboxylic acids is 1. The summed E-state index contributed by atoms with van der Waals surface area (Å²) in [4.78, 5) is 30.8. The topological polar surface area (TPSA) is 92.2 Å². The summed E-state index contributed by atoms with van der Waals surface area (Å²) in [6, 6.07) is 4.10. The molecular weight excluding hydrogens is 326 g/mol. The Kier molecular flexibility index (Phi) is 6.72. The number of aliphatic carboxylic acids is 1. The largest absolute Gasteiger partial charge is 0.480 e. The highest BCUT2D eigenvalue weighted by molar-refractivity contribution is 5.89. The molecule has 1 aliphatic rings. The third-order valence-electron chi connectivity index (χ3n) is 4.31. The third kappa shape index (κ3) is 5.14. The Bertz CT molecular complexity index is 580. The molecule has 1 aromatic rings. The molecule has 0 aliphatic carbocycles. The lowest BCUT2D eigenvalue weighted by molar-refractivity contribution is -0.142. The van der Waals surface area contributed by atoms with Gasteiger partial charge in [0.1, 0.15) is 12.4 Å². The molecule has 0 spiro atoms.